The number of benzene rings is 1. The van der Waals surface area contributed by atoms with Gasteiger partial charge in [0.1, 0.15) is 0 Å². The lowest BCUT2D eigenvalue weighted by Gasteiger charge is -2.07. The van der Waals surface area contributed by atoms with Crippen LogP contribution in [-0.4, -0.2) is 9.78 Å². The zero-order chi connectivity index (χ0) is 11.9. The molecule has 0 aliphatic carbocycles. The number of halogens is 1. The molecule has 2 aromatic rings. The lowest BCUT2D eigenvalue weighted by molar-refractivity contribution is 0.828. The summed E-state index contributed by atoms with van der Waals surface area (Å²) in [6.45, 7) is 5.59. The maximum atomic E-state index is 11.9. The average molecular weight is 237 g/mol. The minimum absolute atomic E-state index is 0.0251. The summed E-state index contributed by atoms with van der Waals surface area (Å²) in [5.41, 5.74) is 3.29. The highest BCUT2D eigenvalue weighted by Crippen LogP contribution is 2.20. The maximum Gasteiger partial charge on any atom is 0.274 e. The monoisotopic (exact) mass is 236 g/mol. The molecule has 0 amide bonds. The highest BCUT2D eigenvalue weighted by Gasteiger charge is 2.10. The highest BCUT2D eigenvalue weighted by atomic mass is 35.5. The van der Waals surface area contributed by atoms with Crippen molar-refractivity contribution >= 4 is 11.6 Å². The van der Waals surface area contributed by atoms with Crippen molar-refractivity contribution in [3.8, 4) is 5.69 Å². The zero-order valence-electron chi connectivity index (χ0n) is 9.47. The van der Waals surface area contributed by atoms with Gasteiger partial charge in [0.25, 0.3) is 5.56 Å². The molecule has 0 aliphatic heterocycles. The van der Waals surface area contributed by atoms with Crippen molar-refractivity contribution in [2.24, 2.45) is 0 Å². The molecular weight excluding hydrogens is 224 g/mol. The van der Waals surface area contributed by atoms with Crippen molar-refractivity contribution in [1.29, 1.82) is 0 Å². The number of nitrogens with zero attached hydrogens (tertiary/aromatic N) is 1. The van der Waals surface area contributed by atoms with Crippen molar-refractivity contribution in [3.05, 3.63) is 50.4 Å². The van der Waals surface area contributed by atoms with E-state index in [1.807, 2.05) is 39.0 Å². The largest absolute Gasteiger partial charge is 0.295 e. The number of aryl methyl sites for hydroxylation is 1. The van der Waals surface area contributed by atoms with Crippen LogP contribution in [0.1, 0.15) is 16.8 Å². The SMILES string of the molecule is Cc1[nH]n(-c2cccc(Cl)c2C)c(=O)c1C. The van der Waals surface area contributed by atoms with Gasteiger partial charge in [-0.05, 0) is 38.5 Å². The molecule has 0 aliphatic rings. The Balaban J connectivity index is 2.73. The lowest BCUT2D eigenvalue weighted by atomic mass is 10.2. The van der Waals surface area contributed by atoms with Crippen LogP contribution in [0.3, 0.4) is 0 Å². The summed E-state index contributed by atoms with van der Waals surface area (Å²) >= 11 is 6.03. The van der Waals surface area contributed by atoms with Gasteiger partial charge in [-0.15, -0.1) is 0 Å². The summed E-state index contributed by atoms with van der Waals surface area (Å²) in [5, 5.41) is 3.70. The van der Waals surface area contributed by atoms with Gasteiger partial charge < -0.3 is 0 Å². The fourth-order valence-corrected chi connectivity index (χ4v) is 1.81. The fourth-order valence-electron chi connectivity index (χ4n) is 1.64. The third-order valence-electron chi connectivity index (χ3n) is 2.85. The summed E-state index contributed by atoms with van der Waals surface area (Å²) in [5.74, 6) is 0. The number of H-pyrrole nitrogens is 1. The van der Waals surface area contributed by atoms with E-state index in [4.69, 9.17) is 11.6 Å². The second kappa shape index (κ2) is 3.83. The molecule has 3 nitrogen and oxygen atoms in total. The van der Waals surface area contributed by atoms with Gasteiger partial charge in [-0.25, -0.2) is 4.68 Å². The molecule has 0 spiro atoms. The van der Waals surface area contributed by atoms with E-state index in [-0.39, 0.29) is 5.56 Å². The maximum absolute atomic E-state index is 11.9. The molecule has 0 radical (unpaired) electrons. The number of rotatable bonds is 1. The van der Waals surface area contributed by atoms with Crippen LogP contribution in [0, 0.1) is 20.8 Å². The van der Waals surface area contributed by atoms with Gasteiger partial charge in [-0.1, -0.05) is 17.7 Å². The Morgan fingerprint density at radius 3 is 2.44 bits per heavy atom. The fraction of sp³-hybridized carbons (Fsp3) is 0.250. The van der Waals surface area contributed by atoms with Crippen LogP contribution in [0.25, 0.3) is 5.69 Å². The van der Waals surface area contributed by atoms with Crippen LogP contribution in [0.4, 0.5) is 0 Å². The second-order valence-corrected chi connectivity index (χ2v) is 4.29. The number of hydrogen-bond donors (Lipinski definition) is 1. The Morgan fingerprint density at radius 1 is 1.19 bits per heavy atom. The van der Waals surface area contributed by atoms with E-state index in [1.165, 1.54) is 4.68 Å². The Labute approximate surface area is 98.7 Å². The number of nitrogens with one attached hydrogen (secondary N) is 1. The molecule has 1 aromatic heterocycles. The van der Waals surface area contributed by atoms with Gasteiger partial charge in [0.15, 0.2) is 0 Å². The molecule has 0 saturated heterocycles. The van der Waals surface area contributed by atoms with E-state index in [2.05, 4.69) is 5.10 Å². The summed E-state index contributed by atoms with van der Waals surface area (Å²) in [7, 11) is 0. The van der Waals surface area contributed by atoms with E-state index >= 15 is 0 Å². The topological polar surface area (TPSA) is 37.8 Å². The van der Waals surface area contributed by atoms with Crippen LogP contribution < -0.4 is 5.56 Å². The Kier molecular flexibility index (Phi) is 2.64. The van der Waals surface area contributed by atoms with Crippen molar-refractivity contribution in [3.63, 3.8) is 0 Å². The predicted molar refractivity (Wildman–Crippen MR) is 65.6 cm³/mol. The number of aromatic amines is 1. The van der Waals surface area contributed by atoms with Crippen molar-refractivity contribution in [1.82, 2.24) is 9.78 Å². The zero-order valence-corrected chi connectivity index (χ0v) is 10.2. The quantitative estimate of drug-likeness (QED) is 0.812. The normalized spacial score (nSPS) is 10.8. The summed E-state index contributed by atoms with van der Waals surface area (Å²) in [6, 6.07) is 5.52. The molecule has 0 fully saturated rings. The van der Waals surface area contributed by atoms with Crippen LogP contribution >= 0.6 is 11.6 Å². The highest BCUT2D eigenvalue weighted by molar-refractivity contribution is 6.31. The first kappa shape index (κ1) is 11.0. The van der Waals surface area contributed by atoms with E-state index in [9.17, 15) is 4.79 Å². The van der Waals surface area contributed by atoms with Crippen LogP contribution in [-0.2, 0) is 0 Å². The van der Waals surface area contributed by atoms with Gasteiger partial charge in [-0.2, -0.15) is 0 Å². The van der Waals surface area contributed by atoms with Crippen molar-refractivity contribution in [2.75, 3.05) is 0 Å². The first-order valence-electron chi connectivity index (χ1n) is 5.06. The van der Waals surface area contributed by atoms with E-state index in [0.717, 1.165) is 22.5 Å². The summed E-state index contributed by atoms with van der Waals surface area (Å²) < 4.78 is 1.53. The third-order valence-corrected chi connectivity index (χ3v) is 3.26. The van der Waals surface area contributed by atoms with Gasteiger partial charge in [0.05, 0.1) is 5.69 Å². The van der Waals surface area contributed by atoms with Crippen molar-refractivity contribution < 1.29 is 0 Å². The molecule has 1 heterocycles. The lowest BCUT2D eigenvalue weighted by Crippen LogP contribution is -2.16. The molecule has 16 heavy (non-hydrogen) atoms. The standard InChI is InChI=1S/C12H13ClN2O/c1-7-9(3)14-15(12(7)16)11-6-4-5-10(13)8(11)2/h4-6,14H,1-3H3. The molecule has 2 rings (SSSR count). The molecule has 84 valence electrons. The van der Waals surface area contributed by atoms with Gasteiger partial charge in [-0.3, -0.25) is 9.89 Å². The molecule has 4 heteroatoms. The second-order valence-electron chi connectivity index (χ2n) is 3.89. The van der Waals surface area contributed by atoms with Crippen LogP contribution in [0.5, 0.6) is 0 Å². The van der Waals surface area contributed by atoms with Gasteiger partial charge >= 0.3 is 0 Å². The van der Waals surface area contributed by atoms with E-state index < -0.39 is 0 Å². The average Bonchev–Trinajstić information content (AvgIpc) is 2.50. The third kappa shape index (κ3) is 1.57. The smallest absolute Gasteiger partial charge is 0.274 e. The molecular formula is C12H13ClN2O. The minimum atomic E-state index is -0.0251. The predicted octanol–water partition coefficient (Wildman–Crippen LogP) is 2.74. The van der Waals surface area contributed by atoms with E-state index in [1.54, 1.807) is 0 Å². The Hall–Kier alpha value is -1.48. The number of hydrogen-bond acceptors (Lipinski definition) is 1. The minimum Gasteiger partial charge on any atom is -0.295 e. The molecule has 0 atom stereocenters. The van der Waals surface area contributed by atoms with Crippen molar-refractivity contribution in [2.45, 2.75) is 20.8 Å². The van der Waals surface area contributed by atoms with Crippen LogP contribution in [0.15, 0.2) is 23.0 Å². The van der Waals surface area contributed by atoms with E-state index in [0.29, 0.717) is 5.02 Å². The van der Waals surface area contributed by atoms with Gasteiger partial charge in [0, 0.05) is 16.3 Å². The van der Waals surface area contributed by atoms with Crippen LogP contribution in [0.2, 0.25) is 5.02 Å². The first-order valence-corrected chi connectivity index (χ1v) is 5.44. The molecule has 0 unspecified atom stereocenters. The van der Waals surface area contributed by atoms with Gasteiger partial charge in [0.2, 0.25) is 0 Å². The Bertz CT molecular complexity index is 596. The molecule has 1 N–H and O–H groups in total. The summed E-state index contributed by atoms with van der Waals surface area (Å²) in [4.78, 5) is 11.9. The molecule has 0 bridgehead atoms. The Morgan fingerprint density at radius 2 is 1.88 bits per heavy atom. The molecule has 0 saturated carbocycles. The first-order chi connectivity index (χ1) is 7.52. The number of aromatic nitrogens is 2. The summed E-state index contributed by atoms with van der Waals surface area (Å²) in [6.07, 6.45) is 0. The molecule has 1 aromatic carbocycles.